The highest BCUT2D eigenvalue weighted by atomic mass is 16.5. The number of nitrogens with one attached hydrogen (secondary N) is 1. The van der Waals surface area contributed by atoms with Crippen molar-refractivity contribution in [2.45, 2.75) is 45.8 Å². The van der Waals surface area contributed by atoms with Crippen LogP contribution >= 0.6 is 0 Å². The second-order valence-electron chi connectivity index (χ2n) is 6.66. The molecule has 2 fully saturated rings. The second-order valence-corrected chi connectivity index (χ2v) is 6.66. The normalized spacial score (nSPS) is 28.1. The molecule has 0 saturated carbocycles. The summed E-state index contributed by atoms with van der Waals surface area (Å²) in [5.41, 5.74) is 0. The maximum atomic E-state index is 12.6. The van der Waals surface area contributed by atoms with E-state index >= 15 is 0 Å². The van der Waals surface area contributed by atoms with Gasteiger partial charge in [0.25, 0.3) is 0 Å². The molecule has 0 radical (unpaired) electrons. The van der Waals surface area contributed by atoms with Crippen LogP contribution in [0.4, 0.5) is 0 Å². The van der Waals surface area contributed by atoms with Crippen LogP contribution in [0.1, 0.15) is 33.6 Å². The van der Waals surface area contributed by atoms with Crippen LogP contribution in [0.3, 0.4) is 0 Å². The number of carbonyl (C=O) groups is 1. The highest BCUT2D eigenvalue weighted by Crippen LogP contribution is 2.19. The van der Waals surface area contributed by atoms with Crippen molar-refractivity contribution in [3.8, 4) is 0 Å². The summed E-state index contributed by atoms with van der Waals surface area (Å²) in [5, 5.41) is 3.42. The fourth-order valence-electron chi connectivity index (χ4n) is 3.22. The van der Waals surface area contributed by atoms with E-state index in [0.29, 0.717) is 18.1 Å². The Morgan fingerprint density at radius 1 is 1.29 bits per heavy atom. The fraction of sp³-hybridized carbons (Fsp3) is 0.938. The molecule has 1 amide bonds. The standard InChI is InChI=1S/C16H31N3O2/c1-13(2)21-11-10-18-6-8-19(9-7-18)16(20)15-4-5-17-14(3)12-15/h13-15,17H,4-12H2,1-3H3/t14-,15-/m0/s1. The van der Waals surface area contributed by atoms with E-state index in [1.807, 2.05) is 0 Å². The molecule has 2 saturated heterocycles. The zero-order valence-electron chi connectivity index (χ0n) is 13.8. The van der Waals surface area contributed by atoms with Gasteiger partial charge in [-0.2, -0.15) is 0 Å². The highest BCUT2D eigenvalue weighted by molar-refractivity contribution is 5.79. The Kier molecular flexibility index (Phi) is 6.45. The van der Waals surface area contributed by atoms with Crippen LogP contribution in [0.25, 0.3) is 0 Å². The van der Waals surface area contributed by atoms with E-state index in [4.69, 9.17) is 4.74 Å². The number of piperidine rings is 1. The third-order valence-electron chi connectivity index (χ3n) is 4.52. The SMILES string of the molecule is CC(C)OCCN1CCN(C(=O)[C@H]2CCN[C@@H](C)C2)CC1. The molecule has 2 rings (SSSR count). The first-order valence-electron chi connectivity index (χ1n) is 8.42. The van der Waals surface area contributed by atoms with Crippen molar-refractivity contribution in [3.05, 3.63) is 0 Å². The molecule has 21 heavy (non-hydrogen) atoms. The van der Waals surface area contributed by atoms with E-state index < -0.39 is 0 Å². The number of piperazine rings is 1. The van der Waals surface area contributed by atoms with E-state index in [2.05, 4.69) is 35.9 Å². The van der Waals surface area contributed by atoms with Gasteiger partial charge in [-0.3, -0.25) is 9.69 Å². The molecular weight excluding hydrogens is 266 g/mol. The van der Waals surface area contributed by atoms with Gasteiger partial charge in [0.05, 0.1) is 12.7 Å². The Hall–Kier alpha value is -0.650. The number of hydrogen-bond donors (Lipinski definition) is 1. The third kappa shape index (κ3) is 5.24. The minimum Gasteiger partial charge on any atom is -0.377 e. The van der Waals surface area contributed by atoms with Crippen LogP contribution in [-0.2, 0) is 9.53 Å². The summed E-state index contributed by atoms with van der Waals surface area (Å²) in [5.74, 6) is 0.610. The first-order chi connectivity index (χ1) is 10.1. The third-order valence-corrected chi connectivity index (χ3v) is 4.52. The first kappa shape index (κ1) is 16.7. The molecule has 0 aromatic carbocycles. The molecule has 5 heteroatoms. The first-order valence-corrected chi connectivity index (χ1v) is 8.42. The molecule has 2 aliphatic rings. The summed E-state index contributed by atoms with van der Waals surface area (Å²) in [6, 6.07) is 0.474. The van der Waals surface area contributed by atoms with Gasteiger partial charge in [0.2, 0.25) is 5.91 Å². The number of carbonyl (C=O) groups excluding carboxylic acids is 1. The lowest BCUT2D eigenvalue weighted by Crippen LogP contribution is -2.52. The van der Waals surface area contributed by atoms with Crippen molar-refractivity contribution in [1.29, 1.82) is 0 Å². The topological polar surface area (TPSA) is 44.8 Å². The van der Waals surface area contributed by atoms with Gasteiger partial charge in [0.15, 0.2) is 0 Å². The summed E-state index contributed by atoms with van der Waals surface area (Å²) >= 11 is 0. The fourth-order valence-corrected chi connectivity index (χ4v) is 3.22. The van der Waals surface area contributed by atoms with Crippen LogP contribution in [0, 0.1) is 5.92 Å². The van der Waals surface area contributed by atoms with Crippen LogP contribution in [0.15, 0.2) is 0 Å². The quantitative estimate of drug-likeness (QED) is 0.820. The molecule has 2 heterocycles. The Morgan fingerprint density at radius 2 is 2.00 bits per heavy atom. The van der Waals surface area contributed by atoms with Gasteiger partial charge in [-0.05, 0) is 40.2 Å². The molecule has 1 N–H and O–H groups in total. The van der Waals surface area contributed by atoms with Crippen molar-refractivity contribution in [1.82, 2.24) is 15.1 Å². The van der Waals surface area contributed by atoms with Gasteiger partial charge in [0, 0.05) is 44.7 Å². The molecule has 0 bridgehead atoms. The van der Waals surface area contributed by atoms with Crippen molar-refractivity contribution < 1.29 is 9.53 Å². The largest absolute Gasteiger partial charge is 0.377 e. The molecule has 2 aliphatic heterocycles. The zero-order chi connectivity index (χ0) is 15.2. The molecule has 0 spiro atoms. The molecule has 0 aliphatic carbocycles. The van der Waals surface area contributed by atoms with E-state index in [1.54, 1.807) is 0 Å². The van der Waals surface area contributed by atoms with Crippen LogP contribution in [-0.4, -0.2) is 73.7 Å². The van der Waals surface area contributed by atoms with Crippen molar-refractivity contribution in [2.75, 3.05) is 45.9 Å². The second kappa shape index (κ2) is 8.11. The number of hydrogen-bond acceptors (Lipinski definition) is 4. The zero-order valence-corrected chi connectivity index (χ0v) is 13.8. The molecular formula is C16H31N3O2. The smallest absolute Gasteiger partial charge is 0.225 e. The van der Waals surface area contributed by atoms with E-state index in [0.717, 1.165) is 58.7 Å². The minimum atomic E-state index is 0.233. The Balaban J connectivity index is 1.69. The lowest BCUT2D eigenvalue weighted by atomic mass is 9.92. The van der Waals surface area contributed by atoms with Gasteiger partial charge >= 0.3 is 0 Å². The Bertz CT molecular complexity index is 327. The van der Waals surface area contributed by atoms with Crippen LogP contribution in [0.5, 0.6) is 0 Å². The van der Waals surface area contributed by atoms with Gasteiger partial charge in [-0.25, -0.2) is 0 Å². The number of ether oxygens (including phenoxy) is 1. The van der Waals surface area contributed by atoms with Gasteiger partial charge in [0.1, 0.15) is 0 Å². The number of amides is 1. The minimum absolute atomic E-state index is 0.233. The molecule has 0 aromatic heterocycles. The Morgan fingerprint density at radius 3 is 2.62 bits per heavy atom. The molecule has 0 aromatic rings. The summed E-state index contributed by atoms with van der Waals surface area (Å²) in [6.07, 6.45) is 2.28. The monoisotopic (exact) mass is 297 g/mol. The predicted molar refractivity (Wildman–Crippen MR) is 84.3 cm³/mol. The maximum Gasteiger partial charge on any atom is 0.225 e. The van der Waals surface area contributed by atoms with Crippen LogP contribution < -0.4 is 5.32 Å². The van der Waals surface area contributed by atoms with Gasteiger partial charge in [-0.1, -0.05) is 0 Å². The maximum absolute atomic E-state index is 12.6. The Labute approximate surface area is 129 Å². The molecule has 122 valence electrons. The highest BCUT2D eigenvalue weighted by Gasteiger charge is 2.30. The molecule has 0 unspecified atom stereocenters. The van der Waals surface area contributed by atoms with E-state index in [9.17, 15) is 4.79 Å². The van der Waals surface area contributed by atoms with Crippen molar-refractivity contribution >= 4 is 5.91 Å². The number of rotatable bonds is 5. The number of nitrogens with zero attached hydrogens (tertiary/aromatic N) is 2. The summed E-state index contributed by atoms with van der Waals surface area (Å²) in [7, 11) is 0. The average molecular weight is 297 g/mol. The van der Waals surface area contributed by atoms with E-state index in [-0.39, 0.29) is 5.92 Å². The summed E-state index contributed by atoms with van der Waals surface area (Å²) in [6.45, 7) is 12.8. The lowest BCUT2D eigenvalue weighted by molar-refractivity contribution is -0.138. The van der Waals surface area contributed by atoms with Crippen molar-refractivity contribution in [3.63, 3.8) is 0 Å². The molecule has 5 nitrogen and oxygen atoms in total. The van der Waals surface area contributed by atoms with Crippen LogP contribution in [0.2, 0.25) is 0 Å². The predicted octanol–water partition coefficient (Wildman–Crippen LogP) is 0.944. The van der Waals surface area contributed by atoms with Gasteiger partial charge in [-0.15, -0.1) is 0 Å². The average Bonchev–Trinajstić information content (AvgIpc) is 2.47. The lowest BCUT2D eigenvalue weighted by Gasteiger charge is -2.38. The summed E-state index contributed by atoms with van der Waals surface area (Å²) < 4.78 is 5.60. The summed E-state index contributed by atoms with van der Waals surface area (Å²) in [4.78, 5) is 17.0. The van der Waals surface area contributed by atoms with Crippen molar-refractivity contribution in [2.24, 2.45) is 5.92 Å². The molecule has 2 atom stereocenters. The van der Waals surface area contributed by atoms with E-state index in [1.165, 1.54) is 0 Å². The van der Waals surface area contributed by atoms with Gasteiger partial charge < -0.3 is 15.0 Å².